The second kappa shape index (κ2) is 5.32. The van der Waals surface area contributed by atoms with Crippen molar-refractivity contribution in [3.05, 3.63) is 22.8 Å². The van der Waals surface area contributed by atoms with E-state index in [1.165, 1.54) is 0 Å². The van der Waals surface area contributed by atoms with Crippen LogP contribution in [-0.2, 0) is 6.18 Å². The first-order chi connectivity index (χ1) is 8.48. The highest BCUT2D eigenvalue weighted by Crippen LogP contribution is 2.31. The molecule has 3 N–H and O–H groups in total. The zero-order valence-electron chi connectivity index (χ0n) is 9.73. The van der Waals surface area contributed by atoms with Crippen LogP contribution in [0.25, 0.3) is 0 Å². The van der Waals surface area contributed by atoms with Gasteiger partial charge in [0.15, 0.2) is 0 Å². The predicted molar refractivity (Wildman–Crippen MR) is 61.5 cm³/mol. The highest BCUT2D eigenvalue weighted by molar-refractivity contribution is 6.32. The van der Waals surface area contributed by atoms with Crippen molar-refractivity contribution in [3.63, 3.8) is 0 Å². The average Bonchev–Trinajstić information content (AvgIpc) is 2.56. The number of rotatable bonds is 1. The zero-order chi connectivity index (χ0) is 13.2. The zero-order valence-corrected chi connectivity index (χ0v) is 10.5. The van der Waals surface area contributed by atoms with Gasteiger partial charge in [0, 0.05) is 6.42 Å². The molecule has 1 aliphatic rings. The number of nitrogens with zero attached hydrogens (tertiary/aromatic N) is 1. The van der Waals surface area contributed by atoms with E-state index < -0.39 is 11.7 Å². The van der Waals surface area contributed by atoms with E-state index in [-0.39, 0.29) is 5.02 Å². The lowest BCUT2D eigenvalue weighted by Crippen LogP contribution is -2.84. The van der Waals surface area contributed by atoms with Gasteiger partial charge in [0.05, 0.1) is 18.7 Å². The summed E-state index contributed by atoms with van der Waals surface area (Å²) in [5.74, 6) is 0.569. The maximum absolute atomic E-state index is 12.5. The maximum atomic E-state index is 12.5. The fourth-order valence-corrected chi connectivity index (χ4v) is 2.31. The van der Waals surface area contributed by atoms with Gasteiger partial charge in [-0.15, -0.1) is 0 Å². The summed E-state index contributed by atoms with van der Waals surface area (Å²) >= 11 is 5.94. The number of nitrogens with one attached hydrogen (secondary N) is 1. The lowest BCUT2D eigenvalue weighted by Gasteiger charge is -2.14. The Kier molecular flexibility index (Phi) is 3.97. The second-order valence-corrected chi connectivity index (χ2v) is 4.70. The highest BCUT2D eigenvalue weighted by atomic mass is 35.5. The van der Waals surface area contributed by atoms with E-state index in [1.54, 1.807) is 0 Å². The van der Waals surface area contributed by atoms with Crippen LogP contribution in [0, 0.1) is 0 Å². The molecule has 0 amide bonds. The number of aromatic nitrogens is 1. The summed E-state index contributed by atoms with van der Waals surface area (Å²) in [6.07, 6.45) is -2.41. The van der Waals surface area contributed by atoms with Crippen LogP contribution in [0.2, 0.25) is 5.02 Å². The highest BCUT2D eigenvalue weighted by Gasteiger charge is 2.33. The van der Waals surface area contributed by atoms with Crippen LogP contribution in [0.5, 0.6) is 0 Å². The standard InChI is InChI=1S/C11H13ClF3N3/c12-9-6-8(11(13,14)15)7-17-10(9)18-4-1-2-16-3-5-18/h6-7,16H,1-5H2/p+2. The van der Waals surface area contributed by atoms with Crippen molar-refractivity contribution in [3.8, 4) is 0 Å². The Morgan fingerprint density at radius 1 is 1.28 bits per heavy atom. The molecule has 0 atom stereocenters. The summed E-state index contributed by atoms with van der Waals surface area (Å²) in [7, 11) is 0. The number of H-pyrrole nitrogens is 1. The molecule has 0 aromatic carbocycles. The van der Waals surface area contributed by atoms with E-state index in [2.05, 4.69) is 10.3 Å². The third-order valence-electron chi connectivity index (χ3n) is 2.96. The van der Waals surface area contributed by atoms with Crippen molar-refractivity contribution in [2.75, 3.05) is 31.1 Å². The number of quaternary nitrogens is 1. The van der Waals surface area contributed by atoms with Crippen LogP contribution in [0.15, 0.2) is 12.3 Å². The van der Waals surface area contributed by atoms with E-state index >= 15 is 0 Å². The van der Waals surface area contributed by atoms with Gasteiger partial charge in [-0.3, -0.25) is 4.90 Å². The van der Waals surface area contributed by atoms with Gasteiger partial charge in [-0.05, 0) is 6.07 Å². The summed E-state index contributed by atoms with van der Waals surface area (Å²) in [4.78, 5) is 4.66. The monoisotopic (exact) mass is 281 g/mol. The number of anilines is 1. The molecule has 7 heteroatoms. The minimum absolute atomic E-state index is 0.117. The van der Waals surface area contributed by atoms with Crippen LogP contribution in [0.4, 0.5) is 19.0 Å². The second-order valence-electron chi connectivity index (χ2n) is 4.29. The molecule has 0 saturated carbocycles. The fourth-order valence-electron chi connectivity index (χ4n) is 2.02. The van der Waals surface area contributed by atoms with Crippen molar-refractivity contribution >= 4 is 17.4 Å². The van der Waals surface area contributed by atoms with Gasteiger partial charge in [0.2, 0.25) is 0 Å². The molecule has 18 heavy (non-hydrogen) atoms. The molecule has 0 radical (unpaired) electrons. The molecular formula is C11H15ClF3N3+2. The molecule has 0 unspecified atom stereocenters. The van der Waals surface area contributed by atoms with E-state index in [0.717, 1.165) is 44.9 Å². The van der Waals surface area contributed by atoms with Crippen LogP contribution in [-0.4, -0.2) is 26.2 Å². The number of aromatic amines is 1. The van der Waals surface area contributed by atoms with Gasteiger partial charge in [0.25, 0.3) is 5.82 Å². The van der Waals surface area contributed by atoms with E-state index in [9.17, 15) is 13.2 Å². The van der Waals surface area contributed by atoms with Gasteiger partial charge >= 0.3 is 6.18 Å². The molecule has 0 bridgehead atoms. The van der Waals surface area contributed by atoms with Gasteiger partial charge in [-0.2, -0.15) is 13.2 Å². The molecule has 3 nitrogen and oxygen atoms in total. The van der Waals surface area contributed by atoms with Gasteiger partial charge in [0.1, 0.15) is 24.3 Å². The minimum atomic E-state index is -4.37. The first-order valence-electron chi connectivity index (χ1n) is 5.83. The number of hydrogen-bond donors (Lipinski definition) is 1. The van der Waals surface area contributed by atoms with Crippen molar-refractivity contribution < 1.29 is 23.5 Å². The van der Waals surface area contributed by atoms with Crippen molar-refractivity contribution in [2.24, 2.45) is 0 Å². The third kappa shape index (κ3) is 3.05. The van der Waals surface area contributed by atoms with Crippen molar-refractivity contribution in [1.82, 2.24) is 0 Å². The van der Waals surface area contributed by atoms with Crippen molar-refractivity contribution in [2.45, 2.75) is 12.6 Å². The molecule has 1 aliphatic heterocycles. The topological polar surface area (TPSA) is 34.0 Å². The molecular weight excluding hydrogens is 267 g/mol. The number of halogens is 4. The molecule has 1 saturated heterocycles. The molecule has 0 aliphatic carbocycles. The van der Waals surface area contributed by atoms with Gasteiger partial charge in [-0.1, -0.05) is 11.6 Å². The van der Waals surface area contributed by atoms with Crippen LogP contribution < -0.4 is 15.2 Å². The average molecular weight is 282 g/mol. The van der Waals surface area contributed by atoms with E-state index in [4.69, 9.17) is 11.6 Å². The Morgan fingerprint density at radius 2 is 2.06 bits per heavy atom. The fraction of sp³-hybridized carbons (Fsp3) is 0.545. The lowest BCUT2D eigenvalue weighted by atomic mass is 10.2. The Hall–Kier alpha value is -1.01. The Labute approximate surface area is 108 Å². The molecule has 1 fully saturated rings. The summed E-state index contributed by atoms with van der Waals surface area (Å²) < 4.78 is 37.5. The van der Waals surface area contributed by atoms with Crippen molar-refractivity contribution in [1.29, 1.82) is 0 Å². The first-order valence-corrected chi connectivity index (χ1v) is 6.21. The van der Waals surface area contributed by atoms with Gasteiger partial charge < -0.3 is 5.32 Å². The van der Waals surface area contributed by atoms with Gasteiger partial charge in [-0.25, -0.2) is 4.98 Å². The molecule has 1 aromatic rings. The third-order valence-corrected chi connectivity index (χ3v) is 3.24. The minimum Gasteiger partial charge on any atom is -0.343 e. The molecule has 1 aromatic heterocycles. The smallest absolute Gasteiger partial charge is 0.343 e. The Morgan fingerprint density at radius 3 is 2.72 bits per heavy atom. The Balaban J connectivity index is 2.23. The summed E-state index contributed by atoms with van der Waals surface area (Å²) in [6.45, 7) is 3.54. The quantitative estimate of drug-likeness (QED) is 0.817. The summed E-state index contributed by atoms with van der Waals surface area (Å²) in [6, 6.07) is 0.974. The largest absolute Gasteiger partial charge is 0.419 e. The SMILES string of the molecule is FC(F)(F)c1c[nH+]c(N2CCC[NH2+]CC2)c(Cl)c1. The number of nitrogens with two attached hydrogens (primary N) is 1. The summed E-state index contributed by atoms with van der Waals surface area (Å²) in [5, 5.41) is 2.31. The van der Waals surface area contributed by atoms with E-state index in [0.29, 0.717) is 5.82 Å². The lowest BCUT2D eigenvalue weighted by molar-refractivity contribution is -0.650. The van der Waals surface area contributed by atoms with E-state index in [1.807, 2.05) is 4.90 Å². The number of hydrogen-bond acceptors (Lipinski definition) is 1. The number of alkyl halides is 3. The Bertz CT molecular complexity index is 414. The normalized spacial score (nSPS) is 17.7. The maximum Gasteiger partial charge on any atom is 0.419 e. The molecule has 100 valence electrons. The number of pyridine rings is 1. The molecule has 0 spiro atoms. The van der Waals surface area contributed by atoms with Crippen LogP contribution in [0.3, 0.4) is 0 Å². The van der Waals surface area contributed by atoms with Crippen LogP contribution in [0.1, 0.15) is 12.0 Å². The summed E-state index contributed by atoms with van der Waals surface area (Å²) in [5.41, 5.74) is -0.752. The predicted octanol–water partition coefficient (Wildman–Crippen LogP) is 0.946. The molecule has 2 heterocycles. The molecule has 2 rings (SSSR count). The van der Waals surface area contributed by atoms with Crippen LogP contribution >= 0.6 is 11.6 Å². The first kappa shape index (κ1) is 13.4.